The zero-order valence-corrected chi connectivity index (χ0v) is 43.0. The van der Waals surface area contributed by atoms with Gasteiger partial charge in [0.25, 0.3) is 0 Å². The first kappa shape index (κ1) is 56.9. The first-order valence-electron chi connectivity index (χ1n) is 24.9. The van der Waals surface area contributed by atoms with Gasteiger partial charge < -0.3 is 0 Å². The minimum atomic E-state index is -4.10. The molecule has 57 heavy (non-hydrogen) atoms. The van der Waals surface area contributed by atoms with E-state index in [0.29, 0.717) is 20.4 Å². The molecule has 0 N–H and O–H groups in total. The van der Waals surface area contributed by atoms with Gasteiger partial charge in [-0.05, 0) is 0 Å². The monoisotopic (exact) mass is 945 g/mol. The Morgan fingerprint density at radius 3 is 0.895 bits per heavy atom. The maximum atomic E-state index is 13.7. The molecule has 336 valence electrons. The molecule has 7 heteroatoms. The summed E-state index contributed by atoms with van der Waals surface area (Å²) in [6.07, 6.45) is 51.9. The van der Waals surface area contributed by atoms with E-state index < -0.39 is 31.0 Å². The van der Waals surface area contributed by atoms with Crippen LogP contribution in [0.3, 0.4) is 0 Å². The third kappa shape index (κ3) is 35.2. The summed E-state index contributed by atoms with van der Waals surface area (Å²) >= 11 is 4.99. The topological polar surface area (TPSA) is 52.6 Å². The van der Waals surface area contributed by atoms with E-state index in [1.165, 1.54) is 167 Å². The molecule has 0 fully saturated rings. The second-order valence-electron chi connectivity index (χ2n) is 17.2. The van der Waals surface area contributed by atoms with Gasteiger partial charge >= 0.3 is 258 Å². The molecule has 0 heterocycles. The molecule has 0 aromatic rings. The fourth-order valence-corrected chi connectivity index (χ4v) is 18.2. The average Bonchev–Trinajstić information content (AvgIpc) is 3.21. The molecule has 0 saturated carbocycles. The standard InChI is InChI=1S/2C21H40O2S.2C4H9.Sn/c2*1-2-3-4-5-6-7-8-9-10-11-12-13-14-15-16-17-18-20(19-24)21(22)23;2*1-3-4-2;/h2*17-18,20,24H,2-16,19H2,1H3,(H,22,23);2*1,3-4H2,2H3;/q;;;;+2/p-2. The van der Waals surface area contributed by atoms with Crippen LogP contribution < -0.4 is 0 Å². The molecule has 0 spiro atoms. The fourth-order valence-electron chi connectivity index (χ4n) is 7.62. The second kappa shape index (κ2) is 44.0. The molecule has 0 aromatic carbocycles. The quantitative estimate of drug-likeness (QED) is 0.0277. The number of allylic oxidation sites excluding steroid dienone is 2. The van der Waals surface area contributed by atoms with E-state index in [-0.39, 0.29) is 11.9 Å². The van der Waals surface area contributed by atoms with Gasteiger partial charge in [-0.2, -0.15) is 0 Å². The van der Waals surface area contributed by atoms with Crippen molar-refractivity contribution in [3.8, 4) is 0 Å². The number of carbonyl (C=O) groups is 2. The molecule has 0 aromatic heterocycles. The van der Waals surface area contributed by atoms with Crippen molar-refractivity contribution in [2.75, 3.05) is 11.5 Å². The van der Waals surface area contributed by atoms with Gasteiger partial charge in [-0.1, -0.05) is 117 Å². The number of unbranched alkanes of at least 4 members (excludes halogenated alkanes) is 30. The molecule has 0 amide bonds. The Bertz CT molecular complexity index is 867. The average molecular weight is 944 g/mol. The molecule has 0 saturated heterocycles. The molecule has 0 radical (unpaired) electrons. The summed E-state index contributed by atoms with van der Waals surface area (Å²) in [5.41, 5.74) is 0. The predicted octanol–water partition coefficient (Wildman–Crippen LogP) is 17.1. The fraction of sp³-hybridized carbons (Fsp3) is 0.880. The Morgan fingerprint density at radius 2 is 0.649 bits per heavy atom. The zero-order chi connectivity index (χ0) is 41.9. The maximum absolute atomic E-state index is 13.7. The SMILES string of the molecule is CCCCCCCCCCCCCCCCC=CC(CS)C(=O)[O][Sn]([CH2]CCC)([CH2]CCC)[O]C(=O)C(C=CCCCCCCCCCCCCCCCC)CS. The number of thiol groups is 2. The van der Waals surface area contributed by atoms with Crippen LogP contribution >= 0.6 is 25.3 Å². The van der Waals surface area contributed by atoms with Crippen LogP contribution in [0.5, 0.6) is 0 Å². The summed E-state index contributed by atoms with van der Waals surface area (Å²) in [6.45, 7) is 8.86. The van der Waals surface area contributed by atoms with E-state index in [0.717, 1.165) is 51.4 Å². The summed E-state index contributed by atoms with van der Waals surface area (Å²) in [6, 6.07) is 0. The third-order valence-corrected chi connectivity index (χ3v) is 22.0. The van der Waals surface area contributed by atoms with Crippen LogP contribution in [0.25, 0.3) is 0 Å². The van der Waals surface area contributed by atoms with Gasteiger partial charge in [0, 0.05) is 0 Å². The molecule has 0 aliphatic carbocycles. The van der Waals surface area contributed by atoms with Gasteiger partial charge in [0.1, 0.15) is 0 Å². The molecule has 0 bridgehead atoms. The minimum absolute atomic E-state index is 0.256. The van der Waals surface area contributed by atoms with E-state index >= 15 is 0 Å². The summed E-state index contributed by atoms with van der Waals surface area (Å²) in [5, 5.41) is 0. The Balaban J connectivity index is 4.72. The molecule has 4 nitrogen and oxygen atoms in total. The van der Waals surface area contributed by atoms with Crippen LogP contribution in [0.15, 0.2) is 24.3 Å². The van der Waals surface area contributed by atoms with Gasteiger partial charge in [0.05, 0.1) is 0 Å². The van der Waals surface area contributed by atoms with Crippen LogP contribution in [-0.4, -0.2) is 42.6 Å². The molecular weight excluding hydrogens is 847 g/mol. The van der Waals surface area contributed by atoms with Gasteiger partial charge in [0.15, 0.2) is 0 Å². The van der Waals surface area contributed by atoms with Crippen LogP contribution in [0.1, 0.15) is 246 Å². The van der Waals surface area contributed by atoms with E-state index in [1.807, 2.05) is 12.2 Å². The zero-order valence-electron chi connectivity index (χ0n) is 38.4. The van der Waals surface area contributed by atoms with E-state index in [1.54, 1.807) is 0 Å². The van der Waals surface area contributed by atoms with Crippen LogP contribution in [-0.2, 0) is 15.7 Å². The molecule has 2 atom stereocenters. The summed E-state index contributed by atoms with van der Waals surface area (Å²) in [5.74, 6) is -0.547. The predicted molar refractivity (Wildman–Crippen MR) is 260 cm³/mol. The summed E-state index contributed by atoms with van der Waals surface area (Å²) in [4.78, 5) is 27.4. The first-order chi connectivity index (χ1) is 27.9. The van der Waals surface area contributed by atoms with Crippen molar-refractivity contribution in [2.45, 2.75) is 255 Å². The molecular formula is C50H96O4S2Sn. The molecule has 0 rings (SSSR count). The van der Waals surface area contributed by atoms with Crippen molar-refractivity contribution in [1.82, 2.24) is 0 Å². The van der Waals surface area contributed by atoms with Crippen molar-refractivity contribution < 1.29 is 15.7 Å². The summed E-state index contributed by atoms with van der Waals surface area (Å²) < 4.78 is 14.3. The number of carbonyl (C=O) groups excluding carboxylic acids is 2. The number of rotatable bonds is 44. The molecule has 0 aliphatic rings. The Labute approximate surface area is 372 Å². The van der Waals surface area contributed by atoms with Crippen molar-refractivity contribution >= 4 is 56.4 Å². The van der Waals surface area contributed by atoms with Gasteiger partial charge in [-0.15, -0.1) is 0 Å². The van der Waals surface area contributed by atoms with Crippen molar-refractivity contribution in [2.24, 2.45) is 11.8 Å². The number of hydrogen-bond donors (Lipinski definition) is 2. The summed E-state index contributed by atoms with van der Waals surface area (Å²) in [7, 11) is 0. The normalized spacial score (nSPS) is 13.2. The second-order valence-corrected chi connectivity index (χ2v) is 27.1. The Kier molecular flexibility index (Phi) is 43.9. The van der Waals surface area contributed by atoms with Crippen LogP contribution in [0.4, 0.5) is 0 Å². The van der Waals surface area contributed by atoms with Crippen molar-refractivity contribution in [3.05, 3.63) is 24.3 Å². The molecule has 0 aliphatic heterocycles. The number of hydrogen-bond acceptors (Lipinski definition) is 6. The van der Waals surface area contributed by atoms with Gasteiger partial charge in [-0.25, -0.2) is 0 Å². The van der Waals surface area contributed by atoms with E-state index in [2.05, 4.69) is 65.1 Å². The van der Waals surface area contributed by atoms with Gasteiger partial charge in [0.2, 0.25) is 0 Å². The van der Waals surface area contributed by atoms with Crippen LogP contribution in [0, 0.1) is 11.8 Å². The van der Waals surface area contributed by atoms with Crippen molar-refractivity contribution in [3.63, 3.8) is 0 Å². The Hall–Kier alpha value is -0.0813. The van der Waals surface area contributed by atoms with E-state index in [9.17, 15) is 9.59 Å². The van der Waals surface area contributed by atoms with Crippen molar-refractivity contribution in [1.29, 1.82) is 0 Å². The Morgan fingerprint density at radius 1 is 0.404 bits per heavy atom. The third-order valence-electron chi connectivity index (χ3n) is 11.6. The van der Waals surface area contributed by atoms with Gasteiger partial charge in [-0.3, -0.25) is 0 Å². The molecule has 2 unspecified atom stereocenters. The van der Waals surface area contributed by atoms with Crippen LogP contribution in [0.2, 0.25) is 8.87 Å². The first-order valence-corrected chi connectivity index (χ1v) is 32.6. The van der Waals surface area contributed by atoms with E-state index in [4.69, 9.17) is 6.15 Å².